The smallest absolute Gasteiger partial charge is 0.123 e. The lowest BCUT2D eigenvalue weighted by atomic mass is 10.0. The summed E-state index contributed by atoms with van der Waals surface area (Å²) in [5, 5.41) is 12.1. The average molecular weight is 357 g/mol. The van der Waals surface area contributed by atoms with Gasteiger partial charge in [0.15, 0.2) is 0 Å². The summed E-state index contributed by atoms with van der Waals surface area (Å²) in [6.07, 6.45) is 6.28. The van der Waals surface area contributed by atoms with Gasteiger partial charge < -0.3 is 9.84 Å². The van der Waals surface area contributed by atoms with Crippen molar-refractivity contribution >= 4 is 31.5 Å². The third-order valence-corrected chi connectivity index (χ3v) is 6.50. The number of fused-ring (bicyclic) bond motifs is 3. The van der Waals surface area contributed by atoms with Gasteiger partial charge in [0, 0.05) is 25.7 Å². The van der Waals surface area contributed by atoms with E-state index in [4.69, 9.17) is 4.74 Å². The average Bonchev–Trinajstić information content (AvgIpc) is 3.00. The summed E-state index contributed by atoms with van der Waals surface area (Å²) in [6.45, 7) is 7.40. The number of hydrogen-bond donors (Lipinski definition) is 1. The van der Waals surface area contributed by atoms with E-state index in [2.05, 4.69) is 39.0 Å². The van der Waals surface area contributed by atoms with Crippen LogP contribution in [0.4, 0.5) is 0 Å². The van der Waals surface area contributed by atoms with Crippen LogP contribution in [0.15, 0.2) is 24.3 Å². The predicted octanol–water partition coefficient (Wildman–Crippen LogP) is 6.51. The van der Waals surface area contributed by atoms with E-state index in [0.717, 1.165) is 24.3 Å². The van der Waals surface area contributed by atoms with Crippen molar-refractivity contribution in [2.45, 2.75) is 59.5 Å². The lowest BCUT2D eigenvalue weighted by Crippen LogP contribution is -1.98. The highest BCUT2D eigenvalue weighted by molar-refractivity contribution is 7.26. The summed E-state index contributed by atoms with van der Waals surface area (Å²) < 4.78 is 8.64. The molecule has 2 aromatic carbocycles. The van der Waals surface area contributed by atoms with Gasteiger partial charge in [-0.2, -0.15) is 0 Å². The highest BCUT2D eigenvalue weighted by Crippen LogP contribution is 2.41. The van der Waals surface area contributed by atoms with E-state index in [-0.39, 0.29) is 6.61 Å². The Hall–Kier alpha value is -1.58. The topological polar surface area (TPSA) is 29.5 Å². The van der Waals surface area contributed by atoms with E-state index >= 15 is 0 Å². The number of rotatable bonds is 8. The summed E-state index contributed by atoms with van der Waals surface area (Å²) >= 11 is 1.82. The zero-order valence-corrected chi connectivity index (χ0v) is 16.3. The van der Waals surface area contributed by atoms with Crippen LogP contribution < -0.4 is 4.74 Å². The molecular weight excluding hydrogens is 328 g/mol. The van der Waals surface area contributed by atoms with Crippen LogP contribution in [0.5, 0.6) is 5.75 Å². The van der Waals surface area contributed by atoms with E-state index in [9.17, 15) is 5.11 Å². The summed E-state index contributed by atoms with van der Waals surface area (Å²) in [4.78, 5) is 0. The lowest BCUT2D eigenvalue weighted by molar-refractivity contribution is 0.281. The quantitative estimate of drug-likeness (QED) is 0.466. The Balaban J connectivity index is 1.84. The Bertz CT molecular complexity index is 863. The molecule has 134 valence electrons. The SMILES string of the molecule is CCCCCCCOc1ccc2c(sc3c(C)c(CO)ccc32)c1C. The maximum Gasteiger partial charge on any atom is 0.123 e. The number of ether oxygens (including phenoxy) is 1. The van der Waals surface area contributed by atoms with Crippen molar-refractivity contribution in [2.24, 2.45) is 0 Å². The second kappa shape index (κ2) is 8.20. The number of aryl methyl sites for hydroxylation is 2. The van der Waals surface area contributed by atoms with Gasteiger partial charge in [-0.15, -0.1) is 11.3 Å². The highest BCUT2D eigenvalue weighted by Gasteiger charge is 2.13. The van der Waals surface area contributed by atoms with Crippen LogP contribution in [0.2, 0.25) is 0 Å². The molecule has 3 heteroatoms. The second-order valence-corrected chi connectivity index (χ2v) is 7.84. The first-order chi connectivity index (χ1) is 12.2. The number of aliphatic hydroxyl groups excluding tert-OH is 1. The Kier molecular flexibility index (Phi) is 5.98. The van der Waals surface area contributed by atoms with Crippen molar-refractivity contribution < 1.29 is 9.84 Å². The van der Waals surface area contributed by atoms with Crippen molar-refractivity contribution in [3.05, 3.63) is 41.0 Å². The van der Waals surface area contributed by atoms with E-state index < -0.39 is 0 Å². The van der Waals surface area contributed by atoms with Crippen LogP contribution in [0.1, 0.15) is 55.7 Å². The summed E-state index contributed by atoms with van der Waals surface area (Å²) in [5.74, 6) is 1.01. The number of thiophene rings is 1. The molecule has 0 aliphatic carbocycles. The Morgan fingerprint density at radius 1 is 0.880 bits per heavy atom. The fourth-order valence-electron chi connectivity index (χ4n) is 3.41. The van der Waals surface area contributed by atoms with Gasteiger partial charge >= 0.3 is 0 Å². The van der Waals surface area contributed by atoms with Crippen LogP contribution in [0, 0.1) is 13.8 Å². The van der Waals surface area contributed by atoms with Gasteiger partial charge in [-0.05, 0) is 43.5 Å². The molecular formula is C22H28O2S. The third-order valence-electron chi connectivity index (χ3n) is 5.04. The van der Waals surface area contributed by atoms with E-state index in [1.54, 1.807) is 0 Å². The number of aliphatic hydroxyl groups is 1. The normalized spacial score (nSPS) is 11.5. The summed E-state index contributed by atoms with van der Waals surface area (Å²) in [5.41, 5.74) is 3.44. The molecule has 1 aromatic heterocycles. The first kappa shape index (κ1) is 18.2. The van der Waals surface area contributed by atoms with Gasteiger partial charge in [0.1, 0.15) is 5.75 Å². The van der Waals surface area contributed by atoms with Gasteiger partial charge in [0.05, 0.1) is 13.2 Å². The van der Waals surface area contributed by atoms with E-state index in [1.165, 1.54) is 57.0 Å². The fourth-order valence-corrected chi connectivity index (χ4v) is 4.73. The van der Waals surface area contributed by atoms with Crippen molar-refractivity contribution in [3.8, 4) is 5.75 Å². The summed E-state index contributed by atoms with van der Waals surface area (Å²) in [6, 6.07) is 8.48. The maximum absolute atomic E-state index is 9.51. The maximum atomic E-state index is 9.51. The van der Waals surface area contributed by atoms with Crippen LogP contribution in [-0.2, 0) is 6.61 Å². The van der Waals surface area contributed by atoms with E-state index in [0.29, 0.717) is 0 Å². The largest absolute Gasteiger partial charge is 0.493 e. The molecule has 0 amide bonds. The summed E-state index contributed by atoms with van der Waals surface area (Å²) in [7, 11) is 0. The molecule has 0 aliphatic rings. The molecule has 2 nitrogen and oxygen atoms in total. The molecule has 0 aliphatic heterocycles. The molecule has 0 saturated carbocycles. The van der Waals surface area contributed by atoms with Crippen molar-refractivity contribution in [3.63, 3.8) is 0 Å². The molecule has 0 saturated heterocycles. The molecule has 0 fully saturated rings. The number of unbranched alkanes of at least 4 members (excludes halogenated alkanes) is 4. The molecule has 0 bridgehead atoms. The molecule has 3 aromatic rings. The molecule has 0 atom stereocenters. The third kappa shape index (κ3) is 3.68. The van der Waals surface area contributed by atoms with Crippen molar-refractivity contribution in [1.82, 2.24) is 0 Å². The second-order valence-electron chi connectivity index (χ2n) is 6.81. The van der Waals surface area contributed by atoms with Crippen LogP contribution in [-0.4, -0.2) is 11.7 Å². The van der Waals surface area contributed by atoms with Crippen molar-refractivity contribution in [2.75, 3.05) is 6.61 Å². The molecule has 0 unspecified atom stereocenters. The Morgan fingerprint density at radius 3 is 2.28 bits per heavy atom. The molecule has 0 radical (unpaired) electrons. The first-order valence-corrected chi connectivity index (χ1v) is 10.2. The number of hydrogen-bond acceptors (Lipinski definition) is 3. The Morgan fingerprint density at radius 2 is 1.56 bits per heavy atom. The minimum Gasteiger partial charge on any atom is -0.493 e. The van der Waals surface area contributed by atoms with Gasteiger partial charge in [-0.3, -0.25) is 0 Å². The highest BCUT2D eigenvalue weighted by atomic mass is 32.1. The van der Waals surface area contributed by atoms with Gasteiger partial charge in [-0.1, -0.05) is 44.7 Å². The molecule has 1 heterocycles. The first-order valence-electron chi connectivity index (χ1n) is 9.35. The monoisotopic (exact) mass is 356 g/mol. The Labute approximate surface area is 154 Å². The molecule has 0 spiro atoms. The van der Waals surface area contributed by atoms with Gasteiger partial charge in [-0.25, -0.2) is 0 Å². The minimum atomic E-state index is 0.0986. The zero-order chi connectivity index (χ0) is 17.8. The van der Waals surface area contributed by atoms with Crippen LogP contribution in [0.25, 0.3) is 20.2 Å². The van der Waals surface area contributed by atoms with Crippen LogP contribution in [0.3, 0.4) is 0 Å². The van der Waals surface area contributed by atoms with Gasteiger partial charge in [0.2, 0.25) is 0 Å². The lowest BCUT2D eigenvalue weighted by Gasteiger charge is -2.09. The standard InChI is InChI=1S/C22H28O2S/c1-4-5-6-7-8-13-24-20-12-11-19-18-10-9-17(14-23)15(2)21(18)25-22(19)16(20)3/h9-12,23H,4-8,13-14H2,1-3H3. The molecule has 3 rings (SSSR count). The van der Waals surface area contributed by atoms with Crippen molar-refractivity contribution in [1.29, 1.82) is 0 Å². The predicted molar refractivity (Wildman–Crippen MR) is 109 cm³/mol. The van der Waals surface area contributed by atoms with Crippen LogP contribution >= 0.6 is 11.3 Å². The molecule has 25 heavy (non-hydrogen) atoms. The zero-order valence-electron chi connectivity index (χ0n) is 15.5. The van der Waals surface area contributed by atoms with E-state index in [1.807, 2.05) is 17.4 Å². The molecule has 1 N–H and O–H groups in total. The fraction of sp³-hybridized carbons (Fsp3) is 0.455. The van der Waals surface area contributed by atoms with Gasteiger partial charge in [0.25, 0.3) is 0 Å². The number of benzene rings is 2. The minimum absolute atomic E-state index is 0.0986.